The molecule has 4 N–H and O–H groups in total. The highest BCUT2D eigenvalue weighted by Gasteiger charge is 2.37. The molecular weight excluding hydrogens is 240 g/mol. The lowest BCUT2D eigenvalue weighted by atomic mass is 10.1. The lowest BCUT2D eigenvalue weighted by Crippen LogP contribution is -2.36. The topological polar surface area (TPSA) is 64.5 Å². The Kier molecular flexibility index (Phi) is 5.58. The van der Waals surface area contributed by atoms with E-state index in [9.17, 15) is 10.2 Å². The Hall–Kier alpha value is -0.680. The maximum Gasteiger partial charge on any atom is 0.0967 e. The molecule has 108 valence electrons. The second-order valence-electron chi connectivity index (χ2n) is 5.60. The van der Waals surface area contributed by atoms with Crippen LogP contribution in [0.15, 0.2) is 23.8 Å². The molecule has 0 aromatic rings. The Morgan fingerprint density at radius 2 is 2.16 bits per heavy atom. The molecule has 0 spiro atoms. The summed E-state index contributed by atoms with van der Waals surface area (Å²) in [5, 5.41) is 26.1. The largest absolute Gasteiger partial charge is 0.389 e. The van der Waals surface area contributed by atoms with Gasteiger partial charge in [-0.3, -0.25) is 0 Å². The van der Waals surface area contributed by atoms with Crippen LogP contribution in [0.5, 0.6) is 0 Å². The Morgan fingerprint density at radius 1 is 1.32 bits per heavy atom. The van der Waals surface area contributed by atoms with Gasteiger partial charge in [0.05, 0.1) is 12.2 Å². The van der Waals surface area contributed by atoms with E-state index in [-0.39, 0.29) is 12.1 Å². The van der Waals surface area contributed by atoms with Gasteiger partial charge in [0.2, 0.25) is 0 Å². The number of aliphatic hydroxyl groups is 2. The van der Waals surface area contributed by atoms with Crippen molar-refractivity contribution in [2.75, 3.05) is 13.1 Å². The summed E-state index contributed by atoms with van der Waals surface area (Å²) >= 11 is 0. The van der Waals surface area contributed by atoms with Crippen LogP contribution in [0.1, 0.15) is 32.6 Å². The van der Waals surface area contributed by atoms with Gasteiger partial charge in [-0.1, -0.05) is 23.8 Å². The van der Waals surface area contributed by atoms with Crippen LogP contribution >= 0.6 is 0 Å². The van der Waals surface area contributed by atoms with Gasteiger partial charge in [0.15, 0.2) is 0 Å². The minimum atomic E-state index is -0.634. The predicted octanol–water partition coefficient (Wildman–Crippen LogP) is 0.715. The molecule has 19 heavy (non-hydrogen) atoms. The van der Waals surface area contributed by atoms with E-state index in [2.05, 4.69) is 28.9 Å². The number of nitrogens with one attached hydrogen (secondary N) is 2. The molecule has 0 bridgehead atoms. The highest BCUT2D eigenvalue weighted by molar-refractivity contribution is 5.25. The van der Waals surface area contributed by atoms with Gasteiger partial charge in [0.25, 0.3) is 0 Å². The number of rotatable bonds is 7. The van der Waals surface area contributed by atoms with Crippen LogP contribution in [0, 0.1) is 0 Å². The first-order chi connectivity index (χ1) is 9.18. The number of hydrogen-bond acceptors (Lipinski definition) is 4. The monoisotopic (exact) mass is 266 g/mol. The zero-order valence-corrected chi connectivity index (χ0v) is 11.7. The van der Waals surface area contributed by atoms with E-state index in [4.69, 9.17) is 0 Å². The van der Waals surface area contributed by atoms with Crippen LogP contribution in [0.2, 0.25) is 0 Å². The van der Waals surface area contributed by atoms with Gasteiger partial charge in [-0.05, 0) is 45.7 Å². The standard InChI is InChI=1S/C15H26N2O2/c1-11-14(18)15(19)13(17-11)8-10-16-9-4-7-12-5-2-3-6-12/h2,5-6,11,13-19H,3-4,7-10H2,1H3. The van der Waals surface area contributed by atoms with Crippen molar-refractivity contribution < 1.29 is 10.2 Å². The summed E-state index contributed by atoms with van der Waals surface area (Å²) in [6, 6.07) is -0.000866. The molecule has 0 radical (unpaired) electrons. The second kappa shape index (κ2) is 7.20. The number of aliphatic hydroxyl groups excluding tert-OH is 2. The Bertz CT molecular complexity index is 341. The van der Waals surface area contributed by atoms with Gasteiger partial charge in [0.1, 0.15) is 0 Å². The highest BCUT2D eigenvalue weighted by atomic mass is 16.3. The fourth-order valence-electron chi connectivity index (χ4n) is 2.82. The minimum Gasteiger partial charge on any atom is -0.389 e. The van der Waals surface area contributed by atoms with Crippen molar-refractivity contribution in [1.29, 1.82) is 0 Å². The number of allylic oxidation sites excluding steroid dienone is 4. The summed E-state index contributed by atoms with van der Waals surface area (Å²) in [5.74, 6) is 0. The first kappa shape index (κ1) is 14.7. The smallest absolute Gasteiger partial charge is 0.0967 e. The molecule has 4 atom stereocenters. The van der Waals surface area contributed by atoms with E-state index in [1.807, 2.05) is 6.92 Å². The van der Waals surface area contributed by atoms with Gasteiger partial charge in [0, 0.05) is 12.1 Å². The van der Waals surface area contributed by atoms with Crippen LogP contribution in [0.3, 0.4) is 0 Å². The van der Waals surface area contributed by atoms with E-state index >= 15 is 0 Å². The van der Waals surface area contributed by atoms with Crippen molar-refractivity contribution >= 4 is 0 Å². The van der Waals surface area contributed by atoms with E-state index in [0.717, 1.165) is 38.8 Å². The summed E-state index contributed by atoms with van der Waals surface area (Å²) in [6.45, 7) is 3.79. The quantitative estimate of drug-likeness (QED) is 0.513. The van der Waals surface area contributed by atoms with Crippen LogP contribution < -0.4 is 10.6 Å². The first-order valence-corrected chi connectivity index (χ1v) is 7.37. The molecule has 4 heteroatoms. The molecule has 1 saturated heterocycles. The van der Waals surface area contributed by atoms with Crippen LogP contribution in [-0.4, -0.2) is 47.6 Å². The molecule has 1 heterocycles. The zero-order chi connectivity index (χ0) is 13.7. The molecule has 4 nitrogen and oxygen atoms in total. The maximum absolute atomic E-state index is 9.82. The summed E-state index contributed by atoms with van der Waals surface area (Å²) in [6.07, 6.45) is 9.65. The van der Waals surface area contributed by atoms with Gasteiger partial charge in [-0.25, -0.2) is 0 Å². The molecule has 0 aromatic carbocycles. The summed E-state index contributed by atoms with van der Waals surface area (Å²) in [4.78, 5) is 0. The molecule has 1 fully saturated rings. The Balaban J connectivity index is 1.51. The van der Waals surface area contributed by atoms with Crippen LogP contribution in [-0.2, 0) is 0 Å². The minimum absolute atomic E-state index is 0.0120. The van der Waals surface area contributed by atoms with E-state index in [1.165, 1.54) is 5.57 Å². The van der Waals surface area contributed by atoms with Crippen molar-refractivity contribution in [1.82, 2.24) is 10.6 Å². The fraction of sp³-hybridized carbons (Fsp3) is 0.733. The lowest BCUT2D eigenvalue weighted by molar-refractivity contribution is 0.0293. The molecule has 2 aliphatic rings. The maximum atomic E-state index is 9.82. The molecule has 1 aliphatic heterocycles. The second-order valence-corrected chi connectivity index (χ2v) is 5.60. The van der Waals surface area contributed by atoms with Crippen molar-refractivity contribution in [3.05, 3.63) is 23.8 Å². The van der Waals surface area contributed by atoms with E-state index in [0.29, 0.717) is 0 Å². The third-order valence-corrected chi connectivity index (χ3v) is 4.05. The predicted molar refractivity (Wildman–Crippen MR) is 77.0 cm³/mol. The third-order valence-electron chi connectivity index (χ3n) is 4.05. The summed E-state index contributed by atoms with van der Waals surface area (Å²) < 4.78 is 0. The molecule has 2 rings (SSSR count). The Labute approximate surface area is 115 Å². The Morgan fingerprint density at radius 3 is 2.79 bits per heavy atom. The van der Waals surface area contributed by atoms with Crippen molar-refractivity contribution in [2.24, 2.45) is 0 Å². The normalized spacial score (nSPS) is 33.9. The molecule has 0 aromatic heterocycles. The average molecular weight is 266 g/mol. The fourth-order valence-corrected chi connectivity index (χ4v) is 2.82. The van der Waals surface area contributed by atoms with Crippen molar-refractivity contribution in [3.8, 4) is 0 Å². The summed E-state index contributed by atoms with van der Waals surface area (Å²) in [5.41, 5.74) is 1.45. The van der Waals surface area contributed by atoms with Crippen LogP contribution in [0.4, 0.5) is 0 Å². The molecule has 0 amide bonds. The SMILES string of the molecule is CC1NC(CCNCCCC2=CCC=C2)C(O)C1O. The van der Waals surface area contributed by atoms with Gasteiger partial charge in [-0.2, -0.15) is 0 Å². The first-order valence-electron chi connectivity index (χ1n) is 7.37. The van der Waals surface area contributed by atoms with Crippen molar-refractivity contribution in [2.45, 2.75) is 56.9 Å². The van der Waals surface area contributed by atoms with E-state index in [1.54, 1.807) is 0 Å². The van der Waals surface area contributed by atoms with E-state index < -0.39 is 12.2 Å². The average Bonchev–Trinajstić information content (AvgIpc) is 2.99. The van der Waals surface area contributed by atoms with Gasteiger partial charge >= 0.3 is 0 Å². The van der Waals surface area contributed by atoms with Crippen molar-refractivity contribution in [3.63, 3.8) is 0 Å². The van der Waals surface area contributed by atoms with Gasteiger partial charge < -0.3 is 20.8 Å². The molecule has 1 aliphatic carbocycles. The lowest BCUT2D eigenvalue weighted by Gasteiger charge is -2.16. The molecular formula is C15H26N2O2. The molecule has 0 saturated carbocycles. The van der Waals surface area contributed by atoms with Gasteiger partial charge in [-0.15, -0.1) is 0 Å². The highest BCUT2D eigenvalue weighted by Crippen LogP contribution is 2.16. The molecule has 4 unspecified atom stereocenters. The van der Waals surface area contributed by atoms with Crippen LogP contribution in [0.25, 0.3) is 0 Å². The number of hydrogen-bond donors (Lipinski definition) is 4. The summed E-state index contributed by atoms with van der Waals surface area (Å²) in [7, 11) is 0. The zero-order valence-electron chi connectivity index (χ0n) is 11.7. The third kappa shape index (κ3) is 4.14.